The van der Waals surface area contributed by atoms with Crippen LogP contribution in [0.5, 0.6) is 0 Å². The molecule has 0 bridgehead atoms. The van der Waals surface area contributed by atoms with E-state index >= 15 is 0 Å². The van der Waals surface area contributed by atoms with Crippen LogP contribution in [0, 0.1) is 0 Å². The fraction of sp³-hybridized carbons (Fsp3) is 0.308. The molecule has 16 heavy (non-hydrogen) atoms. The lowest BCUT2D eigenvalue weighted by Crippen LogP contribution is -1.99. The molecule has 0 N–H and O–H groups in total. The Bertz CT molecular complexity index is 516. The number of fused-ring (bicyclic) bond motifs is 1. The van der Waals surface area contributed by atoms with Gasteiger partial charge < -0.3 is 4.57 Å². The quantitative estimate of drug-likeness (QED) is 0.588. The topological polar surface area (TPSA) is 22.0 Å². The Morgan fingerprint density at radius 1 is 1.38 bits per heavy atom. The molecule has 2 rings (SSSR count). The summed E-state index contributed by atoms with van der Waals surface area (Å²) < 4.78 is 2.12. The number of aromatic nitrogens is 1. The first-order valence-corrected chi connectivity index (χ1v) is 5.98. The zero-order chi connectivity index (χ0) is 11.5. The molecule has 0 fully saturated rings. The molecule has 0 aliphatic rings. The zero-order valence-corrected chi connectivity index (χ0v) is 10.00. The summed E-state index contributed by atoms with van der Waals surface area (Å²) in [5.41, 5.74) is 1.84. The largest absolute Gasteiger partial charge is 0.347 e. The molecule has 0 aliphatic heterocycles. The van der Waals surface area contributed by atoms with Crippen molar-refractivity contribution in [2.75, 3.05) is 5.88 Å². The third-order valence-corrected chi connectivity index (χ3v) is 2.92. The Labute approximate surface area is 99.8 Å². The highest BCUT2D eigenvalue weighted by Crippen LogP contribution is 2.22. The van der Waals surface area contributed by atoms with Gasteiger partial charge in [0, 0.05) is 29.2 Å². The van der Waals surface area contributed by atoms with Gasteiger partial charge in [0.1, 0.15) is 0 Å². The maximum atomic E-state index is 11.7. The second-order valence-corrected chi connectivity index (χ2v) is 4.08. The zero-order valence-electron chi connectivity index (χ0n) is 9.24. The smallest absolute Gasteiger partial charge is 0.179 e. The Kier molecular flexibility index (Phi) is 3.30. The number of rotatable bonds is 4. The summed E-state index contributed by atoms with van der Waals surface area (Å²) in [5.74, 6) is 0.0351. The number of aryl methyl sites for hydroxylation is 1. The van der Waals surface area contributed by atoms with Gasteiger partial charge in [0.25, 0.3) is 0 Å². The Morgan fingerprint density at radius 2 is 2.12 bits per heavy atom. The third kappa shape index (κ3) is 1.85. The highest BCUT2D eigenvalue weighted by molar-refractivity contribution is 6.32. The molecule has 0 saturated carbocycles. The van der Waals surface area contributed by atoms with E-state index in [1.165, 1.54) is 0 Å². The van der Waals surface area contributed by atoms with E-state index in [1.54, 1.807) is 0 Å². The van der Waals surface area contributed by atoms with E-state index in [1.807, 2.05) is 30.5 Å². The van der Waals surface area contributed by atoms with Crippen LogP contribution in [0.2, 0.25) is 0 Å². The number of ketones is 1. The van der Waals surface area contributed by atoms with Crippen LogP contribution < -0.4 is 0 Å². The van der Waals surface area contributed by atoms with Crippen molar-refractivity contribution in [2.45, 2.75) is 19.9 Å². The number of carbonyl (C=O) groups is 1. The van der Waals surface area contributed by atoms with Gasteiger partial charge in [0.2, 0.25) is 0 Å². The van der Waals surface area contributed by atoms with E-state index in [-0.39, 0.29) is 11.7 Å². The minimum atomic E-state index is -0.00674. The first kappa shape index (κ1) is 11.2. The number of para-hydroxylation sites is 1. The van der Waals surface area contributed by atoms with Crippen LogP contribution in [0.3, 0.4) is 0 Å². The molecular formula is C13H14ClNO. The molecule has 0 radical (unpaired) electrons. The maximum Gasteiger partial charge on any atom is 0.179 e. The number of hydrogen-bond donors (Lipinski definition) is 0. The van der Waals surface area contributed by atoms with Crippen LogP contribution in [0.4, 0.5) is 0 Å². The van der Waals surface area contributed by atoms with E-state index in [4.69, 9.17) is 11.6 Å². The molecule has 0 saturated heterocycles. The van der Waals surface area contributed by atoms with Crippen molar-refractivity contribution in [1.29, 1.82) is 0 Å². The van der Waals surface area contributed by atoms with Crippen molar-refractivity contribution in [3.05, 3.63) is 36.0 Å². The summed E-state index contributed by atoms with van der Waals surface area (Å²) in [5, 5.41) is 1.00. The fourth-order valence-corrected chi connectivity index (χ4v) is 2.11. The first-order chi connectivity index (χ1) is 7.77. The van der Waals surface area contributed by atoms with E-state index in [2.05, 4.69) is 11.5 Å². The molecule has 1 aromatic heterocycles. The van der Waals surface area contributed by atoms with Gasteiger partial charge in [-0.2, -0.15) is 0 Å². The van der Waals surface area contributed by atoms with E-state index in [9.17, 15) is 4.79 Å². The van der Waals surface area contributed by atoms with Gasteiger partial charge in [-0.15, -0.1) is 11.6 Å². The Morgan fingerprint density at radius 3 is 2.81 bits per heavy atom. The van der Waals surface area contributed by atoms with Crippen LogP contribution in [0.15, 0.2) is 30.5 Å². The highest BCUT2D eigenvalue weighted by atomic mass is 35.5. The van der Waals surface area contributed by atoms with Crippen LogP contribution in [-0.4, -0.2) is 16.2 Å². The number of carbonyl (C=O) groups excluding carboxylic acids is 1. The lowest BCUT2D eigenvalue weighted by Gasteiger charge is -2.00. The lowest BCUT2D eigenvalue weighted by molar-refractivity contribution is 0.102. The van der Waals surface area contributed by atoms with E-state index in [0.29, 0.717) is 0 Å². The van der Waals surface area contributed by atoms with Gasteiger partial charge >= 0.3 is 0 Å². The predicted octanol–water partition coefficient (Wildman–Crippen LogP) is 3.47. The van der Waals surface area contributed by atoms with Crippen LogP contribution >= 0.6 is 11.6 Å². The van der Waals surface area contributed by atoms with Gasteiger partial charge in [-0.05, 0) is 12.5 Å². The fourth-order valence-electron chi connectivity index (χ4n) is 1.97. The lowest BCUT2D eigenvalue weighted by atomic mass is 10.1. The van der Waals surface area contributed by atoms with E-state index in [0.717, 1.165) is 29.4 Å². The number of benzene rings is 1. The molecule has 0 aliphatic carbocycles. The molecule has 84 valence electrons. The summed E-state index contributed by atoms with van der Waals surface area (Å²) in [6, 6.07) is 7.95. The first-order valence-electron chi connectivity index (χ1n) is 5.45. The summed E-state index contributed by atoms with van der Waals surface area (Å²) in [4.78, 5) is 11.7. The Hall–Kier alpha value is -1.28. The molecule has 3 heteroatoms. The third-order valence-electron chi connectivity index (χ3n) is 2.67. The van der Waals surface area contributed by atoms with Crippen molar-refractivity contribution in [3.8, 4) is 0 Å². The van der Waals surface area contributed by atoms with Crippen LogP contribution in [0.1, 0.15) is 23.7 Å². The number of alkyl halides is 1. The molecule has 2 aromatic rings. The van der Waals surface area contributed by atoms with Gasteiger partial charge in [0.05, 0.1) is 5.88 Å². The second-order valence-electron chi connectivity index (χ2n) is 3.81. The van der Waals surface area contributed by atoms with Crippen LogP contribution in [0.25, 0.3) is 10.9 Å². The maximum absolute atomic E-state index is 11.7. The number of hydrogen-bond acceptors (Lipinski definition) is 1. The van der Waals surface area contributed by atoms with Gasteiger partial charge in [-0.3, -0.25) is 4.79 Å². The second kappa shape index (κ2) is 4.71. The average molecular weight is 236 g/mol. The van der Waals surface area contributed by atoms with Crippen molar-refractivity contribution in [1.82, 2.24) is 4.57 Å². The normalized spacial score (nSPS) is 10.9. The molecule has 1 heterocycles. The highest BCUT2D eigenvalue weighted by Gasteiger charge is 2.13. The van der Waals surface area contributed by atoms with Crippen molar-refractivity contribution in [2.24, 2.45) is 0 Å². The van der Waals surface area contributed by atoms with Gasteiger partial charge in [-0.1, -0.05) is 25.1 Å². The van der Waals surface area contributed by atoms with Crippen molar-refractivity contribution in [3.63, 3.8) is 0 Å². The number of nitrogens with zero attached hydrogens (tertiary/aromatic N) is 1. The van der Waals surface area contributed by atoms with Crippen LogP contribution in [-0.2, 0) is 6.54 Å². The summed E-state index contributed by atoms with van der Waals surface area (Å²) in [7, 11) is 0. The molecule has 0 unspecified atom stereocenters. The monoisotopic (exact) mass is 235 g/mol. The average Bonchev–Trinajstić information content (AvgIpc) is 2.68. The number of Topliss-reactive ketones (excluding diaryl/α,β-unsaturated/α-hetero) is 1. The molecule has 0 spiro atoms. The summed E-state index contributed by atoms with van der Waals surface area (Å²) >= 11 is 5.61. The Balaban J connectivity index is 2.61. The number of halogens is 1. The minimum absolute atomic E-state index is 0.00674. The molecular weight excluding hydrogens is 222 g/mol. The molecule has 0 atom stereocenters. The van der Waals surface area contributed by atoms with Gasteiger partial charge in [-0.25, -0.2) is 0 Å². The molecule has 0 amide bonds. The molecule has 1 aromatic carbocycles. The SMILES string of the molecule is CCCn1cc(C(=O)CCl)c2ccccc21. The summed E-state index contributed by atoms with van der Waals surface area (Å²) in [6.45, 7) is 3.05. The minimum Gasteiger partial charge on any atom is -0.347 e. The molecule has 2 nitrogen and oxygen atoms in total. The van der Waals surface area contributed by atoms with Gasteiger partial charge in [0.15, 0.2) is 5.78 Å². The van der Waals surface area contributed by atoms with Crippen molar-refractivity contribution < 1.29 is 4.79 Å². The van der Waals surface area contributed by atoms with Crippen molar-refractivity contribution >= 4 is 28.3 Å². The standard InChI is InChI=1S/C13H14ClNO/c1-2-7-15-9-11(13(16)8-14)10-5-3-4-6-12(10)15/h3-6,9H,2,7-8H2,1H3. The van der Waals surface area contributed by atoms with E-state index < -0.39 is 0 Å². The predicted molar refractivity (Wildman–Crippen MR) is 67.3 cm³/mol. The summed E-state index contributed by atoms with van der Waals surface area (Å²) in [6.07, 6.45) is 2.96.